The summed E-state index contributed by atoms with van der Waals surface area (Å²) >= 11 is 6.21. The Kier molecular flexibility index (Phi) is 4.58. The highest BCUT2D eigenvalue weighted by Crippen LogP contribution is 2.50. The Labute approximate surface area is 145 Å². The fraction of sp³-hybridized carbons (Fsp3) is 0.263. The van der Waals surface area contributed by atoms with E-state index in [4.69, 9.17) is 16.3 Å². The Hall–Kier alpha value is -2.33. The van der Waals surface area contributed by atoms with Gasteiger partial charge >= 0.3 is 5.97 Å². The molecule has 2 unspecified atom stereocenters. The molecule has 2 atom stereocenters. The molecule has 0 heterocycles. The minimum atomic E-state index is -0.465. The number of para-hydroxylation sites is 1. The zero-order valence-corrected chi connectivity index (χ0v) is 14.3. The molecule has 0 spiro atoms. The first-order valence-corrected chi connectivity index (χ1v) is 8.14. The van der Waals surface area contributed by atoms with Crippen molar-refractivity contribution in [2.45, 2.75) is 19.3 Å². The summed E-state index contributed by atoms with van der Waals surface area (Å²) in [6.45, 7) is 1.85. The first-order valence-electron chi connectivity index (χ1n) is 7.76. The molecule has 1 amide bonds. The van der Waals surface area contributed by atoms with Gasteiger partial charge in [0.25, 0.3) is 0 Å². The smallest absolute Gasteiger partial charge is 0.339 e. The number of hydrogen-bond donors (Lipinski definition) is 1. The third-order valence-electron chi connectivity index (χ3n) is 4.36. The first kappa shape index (κ1) is 16.5. The van der Waals surface area contributed by atoms with Crippen LogP contribution in [0.2, 0.25) is 5.02 Å². The van der Waals surface area contributed by atoms with E-state index in [0.717, 1.165) is 17.5 Å². The van der Waals surface area contributed by atoms with E-state index in [-0.39, 0.29) is 17.7 Å². The summed E-state index contributed by atoms with van der Waals surface area (Å²) in [5.74, 6) is -0.564. The highest BCUT2D eigenvalue weighted by Gasteiger charge is 2.45. The number of benzene rings is 2. The molecular weight excluding hydrogens is 326 g/mol. The van der Waals surface area contributed by atoms with Gasteiger partial charge in [-0.1, -0.05) is 41.9 Å². The van der Waals surface area contributed by atoms with E-state index in [2.05, 4.69) is 5.32 Å². The lowest BCUT2D eigenvalue weighted by Crippen LogP contribution is -2.18. The van der Waals surface area contributed by atoms with Gasteiger partial charge in [0.1, 0.15) is 0 Å². The molecule has 1 fully saturated rings. The third-order valence-corrected chi connectivity index (χ3v) is 4.70. The van der Waals surface area contributed by atoms with Crippen molar-refractivity contribution in [2.75, 3.05) is 12.4 Å². The van der Waals surface area contributed by atoms with Crippen LogP contribution in [0, 0.1) is 12.8 Å². The predicted octanol–water partition coefficient (Wildman–Crippen LogP) is 4.18. The summed E-state index contributed by atoms with van der Waals surface area (Å²) in [5, 5.41) is 3.58. The lowest BCUT2D eigenvalue weighted by Gasteiger charge is -2.12. The number of methoxy groups -OCH3 is 1. The molecule has 1 saturated carbocycles. The quantitative estimate of drug-likeness (QED) is 0.847. The van der Waals surface area contributed by atoms with Crippen molar-refractivity contribution in [2.24, 2.45) is 5.92 Å². The summed E-state index contributed by atoms with van der Waals surface area (Å²) in [6.07, 6.45) is 0.759. The van der Waals surface area contributed by atoms with Crippen molar-refractivity contribution < 1.29 is 14.3 Å². The normalized spacial score (nSPS) is 18.8. The molecule has 1 aliphatic rings. The monoisotopic (exact) mass is 343 g/mol. The summed E-state index contributed by atoms with van der Waals surface area (Å²) in [7, 11) is 1.32. The molecule has 1 N–H and O–H groups in total. The van der Waals surface area contributed by atoms with Gasteiger partial charge < -0.3 is 10.1 Å². The van der Waals surface area contributed by atoms with Gasteiger partial charge in [0.15, 0.2) is 0 Å². The Morgan fingerprint density at radius 3 is 2.62 bits per heavy atom. The second-order valence-corrected chi connectivity index (χ2v) is 6.36. The van der Waals surface area contributed by atoms with Crippen molar-refractivity contribution in [3.05, 3.63) is 64.2 Å². The molecule has 0 saturated heterocycles. The average molecular weight is 344 g/mol. The van der Waals surface area contributed by atoms with E-state index in [0.29, 0.717) is 16.3 Å². The van der Waals surface area contributed by atoms with Gasteiger partial charge in [-0.3, -0.25) is 4.79 Å². The Balaban J connectivity index is 1.78. The van der Waals surface area contributed by atoms with Crippen LogP contribution in [0.25, 0.3) is 0 Å². The number of amides is 1. The van der Waals surface area contributed by atoms with Crippen molar-refractivity contribution in [1.82, 2.24) is 0 Å². The number of ether oxygens (including phenoxy) is 1. The van der Waals surface area contributed by atoms with Gasteiger partial charge in [0, 0.05) is 10.9 Å². The number of nitrogens with one attached hydrogen (secondary N) is 1. The van der Waals surface area contributed by atoms with Gasteiger partial charge in [-0.2, -0.15) is 0 Å². The fourth-order valence-corrected chi connectivity index (χ4v) is 3.21. The van der Waals surface area contributed by atoms with Gasteiger partial charge in [0.05, 0.1) is 18.4 Å². The minimum absolute atomic E-state index is 0.0978. The largest absolute Gasteiger partial charge is 0.465 e. The van der Waals surface area contributed by atoms with E-state index in [1.165, 1.54) is 7.11 Å². The van der Waals surface area contributed by atoms with Gasteiger partial charge in [-0.05, 0) is 42.5 Å². The molecule has 4 nitrogen and oxygen atoms in total. The highest BCUT2D eigenvalue weighted by atomic mass is 35.5. The van der Waals surface area contributed by atoms with Crippen LogP contribution in [0.15, 0.2) is 42.5 Å². The van der Waals surface area contributed by atoms with Crippen LogP contribution in [-0.4, -0.2) is 19.0 Å². The third kappa shape index (κ3) is 3.15. The predicted molar refractivity (Wildman–Crippen MR) is 93.4 cm³/mol. The number of rotatable bonds is 4. The summed E-state index contributed by atoms with van der Waals surface area (Å²) in [5.41, 5.74) is 2.69. The summed E-state index contributed by atoms with van der Waals surface area (Å²) in [6, 6.07) is 12.8. The fourth-order valence-electron chi connectivity index (χ4n) is 2.93. The molecular formula is C19H18ClNO3. The van der Waals surface area contributed by atoms with Crippen molar-refractivity contribution in [1.29, 1.82) is 0 Å². The number of carbonyl (C=O) groups excluding carboxylic acids is 2. The zero-order valence-electron chi connectivity index (χ0n) is 13.5. The first-order chi connectivity index (χ1) is 11.5. The van der Waals surface area contributed by atoms with Crippen LogP contribution in [-0.2, 0) is 9.53 Å². The van der Waals surface area contributed by atoms with Gasteiger partial charge in [-0.25, -0.2) is 4.79 Å². The van der Waals surface area contributed by atoms with Crippen molar-refractivity contribution in [3.63, 3.8) is 0 Å². The van der Waals surface area contributed by atoms with E-state index < -0.39 is 5.97 Å². The number of esters is 1. The van der Waals surface area contributed by atoms with Crippen LogP contribution in [0.1, 0.15) is 33.8 Å². The van der Waals surface area contributed by atoms with Gasteiger partial charge in [-0.15, -0.1) is 0 Å². The lowest BCUT2D eigenvalue weighted by atomic mass is 10.1. The lowest BCUT2D eigenvalue weighted by molar-refractivity contribution is -0.117. The van der Waals surface area contributed by atoms with Crippen LogP contribution < -0.4 is 5.32 Å². The average Bonchev–Trinajstić information content (AvgIpc) is 3.37. The number of anilines is 1. The van der Waals surface area contributed by atoms with Gasteiger partial charge in [0.2, 0.25) is 5.91 Å². The standard InChI is InChI=1S/C19H18ClNO3/c1-11-6-5-8-13(19(23)24-2)17(11)21-18(22)15-10-14(15)12-7-3-4-9-16(12)20/h3-9,14-15H,10H2,1-2H3,(H,21,22). The molecule has 0 bridgehead atoms. The van der Waals surface area contributed by atoms with Crippen molar-refractivity contribution in [3.8, 4) is 0 Å². The Bertz CT molecular complexity index is 803. The van der Waals surface area contributed by atoms with Crippen LogP contribution >= 0.6 is 11.6 Å². The second kappa shape index (κ2) is 6.65. The van der Waals surface area contributed by atoms with E-state index >= 15 is 0 Å². The van der Waals surface area contributed by atoms with E-state index in [9.17, 15) is 9.59 Å². The SMILES string of the molecule is COC(=O)c1cccc(C)c1NC(=O)C1CC1c1ccccc1Cl. The maximum Gasteiger partial charge on any atom is 0.339 e. The molecule has 2 aromatic rings. The highest BCUT2D eigenvalue weighted by molar-refractivity contribution is 6.31. The molecule has 3 rings (SSSR count). The number of hydrogen-bond acceptors (Lipinski definition) is 3. The maximum atomic E-state index is 12.6. The number of carbonyl (C=O) groups is 2. The molecule has 0 aromatic heterocycles. The molecule has 2 aromatic carbocycles. The minimum Gasteiger partial charge on any atom is -0.465 e. The Morgan fingerprint density at radius 1 is 1.17 bits per heavy atom. The molecule has 0 radical (unpaired) electrons. The topological polar surface area (TPSA) is 55.4 Å². The molecule has 0 aliphatic heterocycles. The van der Waals surface area contributed by atoms with E-state index in [1.807, 2.05) is 37.3 Å². The van der Waals surface area contributed by atoms with Crippen LogP contribution in [0.4, 0.5) is 5.69 Å². The van der Waals surface area contributed by atoms with Crippen molar-refractivity contribution >= 4 is 29.2 Å². The van der Waals surface area contributed by atoms with Crippen LogP contribution in [0.5, 0.6) is 0 Å². The molecule has 124 valence electrons. The number of halogens is 1. The maximum absolute atomic E-state index is 12.6. The molecule has 1 aliphatic carbocycles. The summed E-state index contributed by atoms with van der Waals surface area (Å²) < 4.78 is 4.79. The summed E-state index contributed by atoms with van der Waals surface area (Å²) in [4.78, 5) is 24.5. The number of aryl methyl sites for hydroxylation is 1. The second-order valence-electron chi connectivity index (χ2n) is 5.95. The van der Waals surface area contributed by atoms with Crippen LogP contribution in [0.3, 0.4) is 0 Å². The molecule has 24 heavy (non-hydrogen) atoms. The zero-order chi connectivity index (χ0) is 17.3. The molecule has 5 heteroatoms. The van der Waals surface area contributed by atoms with E-state index in [1.54, 1.807) is 12.1 Å². The Morgan fingerprint density at radius 2 is 1.92 bits per heavy atom.